The maximum Gasteiger partial charge on any atom is 0.573 e. The molecule has 88 valence electrons. The second-order valence-corrected chi connectivity index (χ2v) is 3.35. The topological polar surface area (TPSA) is 26.3 Å². The third-order valence-electron chi connectivity index (χ3n) is 1.81. The van der Waals surface area contributed by atoms with E-state index in [0.29, 0.717) is 0 Å². The van der Waals surface area contributed by atoms with E-state index in [-0.39, 0.29) is 17.0 Å². The van der Waals surface area contributed by atoms with Crippen molar-refractivity contribution >= 4 is 17.4 Å². The van der Waals surface area contributed by atoms with E-state index in [1.807, 2.05) is 0 Å². The highest BCUT2D eigenvalue weighted by Gasteiger charge is 2.33. The molecule has 0 saturated carbocycles. The van der Waals surface area contributed by atoms with Gasteiger partial charge in [-0.1, -0.05) is 24.6 Å². The molecule has 16 heavy (non-hydrogen) atoms. The molecule has 0 heterocycles. The molecule has 0 bridgehead atoms. The molecular formula is C10H8ClF3O2. The van der Waals surface area contributed by atoms with Crippen LogP contribution in [0, 0.1) is 0 Å². The number of para-hydroxylation sites is 1. The summed E-state index contributed by atoms with van der Waals surface area (Å²) in [6, 6.07) is 3.88. The number of ketones is 1. The van der Waals surface area contributed by atoms with Gasteiger partial charge in [0.05, 0.1) is 10.6 Å². The number of Topliss-reactive ketones (excluding diaryl/α,β-unsaturated/α-hetero) is 1. The molecule has 1 aromatic carbocycles. The summed E-state index contributed by atoms with van der Waals surface area (Å²) in [5.41, 5.74) is -0.160. The van der Waals surface area contributed by atoms with Crippen molar-refractivity contribution in [3.63, 3.8) is 0 Å². The van der Waals surface area contributed by atoms with Gasteiger partial charge >= 0.3 is 6.36 Å². The lowest BCUT2D eigenvalue weighted by Crippen LogP contribution is -2.19. The predicted molar refractivity (Wildman–Crippen MR) is 52.8 cm³/mol. The van der Waals surface area contributed by atoms with Crippen LogP contribution >= 0.6 is 11.6 Å². The first-order valence-corrected chi connectivity index (χ1v) is 4.80. The van der Waals surface area contributed by atoms with Crippen molar-refractivity contribution < 1.29 is 22.7 Å². The van der Waals surface area contributed by atoms with Gasteiger partial charge in [-0.25, -0.2) is 0 Å². The SMILES string of the molecule is CCC(=O)c1cccc(Cl)c1OC(F)(F)F. The summed E-state index contributed by atoms with van der Waals surface area (Å²) in [6.45, 7) is 1.54. The molecule has 0 saturated heterocycles. The lowest BCUT2D eigenvalue weighted by Gasteiger charge is -2.13. The quantitative estimate of drug-likeness (QED) is 0.764. The van der Waals surface area contributed by atoms with Gasteiger partial charge in [0.2, 0.25) is 0 Å². The van der Waals surface area contributed by atoms with Crippen LogP contribution in [0.5, 0.6) is 5.75 Å². The fourth-order valence-corrected chi connectivity index (χ4v) is 1.35. The molecule has 0 fully saturated rings. The summed E-state index contributed by atoms with van der Waals surface area (Å²) in [5.74, 6) is -1.09. The molecule has 0 unspecified atom stereocenters. The molecule has 0 aliphatic rings. The van der Waals surface area contributed by atoms with E-state index in [1.54, 1.807) is 6.92 Å². The van der Waals surface area contributed by atoms with Crippen molar-refractivity contribution in [3.8, 4) is 5.75 Å². The van der Waals surface area contributed by atoms with Crippen LogP contribution < -0.4 is 4.74 Å². The number of carbonyl (C=O) groups is 1. The van der Waals surface area contributed by atoms with E-state index in [2.05, 4.69) is 4.74 Å². The van der Waals surface area contributed by atoms with Gasteiger partial charge in [0, 0.05) is 6.42 Å². The van der Waals surface area contributed by atoms with Gasteiger partial charge in [0.1, 0.15) is 0 Å². The Labute approximate surface area is 95.0 Å². The van der Waals surface area contributed by atoms with Gasteiger partial charge in [-0.05, 0) is 12.1 Å². The minimum Gasteiger partial charge on any atom is -0.403 e. The molecule has 0 N–H and O–H groups in total. The Morgan fingerprint density at radius 2 is 2.06 bits per heavy atom. The molecule has 0 aliphatic carbocycles. The third-order valence-corrected chi connectivity index (χ3v) is 2.10. The highest BCUT2D eigenvalue weighted by atomic mass is 35.5. The van der Waals surface area contributed by atoms with Gasteiger partial charge in [0.15, 0.2) is 11.5 Å². The summed E-state index contributed by atoms with van der Waals surface area (Å²) in [5, 5.41) is -0.239. The second kappa shape index (κ2) is 4.74. The molecule has 0 amide bonds. The molecule has 0 atom stereocenters. The first-order chi connectivity index (χ1) is 7.35. The van der Waals surface area contributed by atoms with Gasteiger partial charge < -0.3 is 4.74 Å². The number of ether oxygens (including phenoxy) is 1. The van der Waals surface area contributed by atoms with Crippen LogP contribution in [0.4, 0.5) is 13.2 Å². The number of hydrogen-bond donors (Lipinski definition) is 0. The van der Waals surface area contributed by atoms with Crippen LogP contribution in [0.3, 0.4) is 0 Å². The molecular weight excluding hydrogens is 245 g/mol. The number of rotatable bonds is 3. The average Bonchev–Trinajstić information content (AvgIpc) is 2.18. The Morgan fingerprint density at radius 1 is 1.44 bits per heavy atom. The zero-order valence-electron chi connectivity index (χ0n) is 8.27. The van der Waals surface area contributed by atoms with E-state index >= 15 is 0 Å². The molecule has 0 aromatic heterocycles. The smallest absolute Gasteiger partial charge is 0.403 e. The fraction of sp³-hybridized carbons (Fsp3) is 0.300. The summed E-state index contributed by atoms with van der Waals surface area (Å²) in [4.78, 5) is 11.4. The summed E-state index contributed by atoms with van der Waals surface area (Å²) >= 11 is 5.56. The van der Waals surface area contributed by atoms with E-state index < -0.39 is 17.9 Å². The lowest BCUT2D eigenvalue weighted by atomic mass is 10.1. The molecule has 1 aromatic rings. The monoisotopic (exact) mass is 252 g/mol. The minimum atomic E-state index is -4.87. The highest BCUT2D eigenvalue weighted by molar-refractivity contribution is 6.32. The van der Waals surface area contributed by atoms with Gasteiger partial charge in [0.25, 0.3) is 0 Å². The Bertz CT molecular complexity index is 402. The Kier molecular flexibility index (Phi) is 3.80. The van der Waals surface area contributed by atoms with Crippen molar-refractivity contribution in [2.45, 2.75) is 19.7 Å². The molecule has 0 radical (unpaired) electrons. The standard InChI is InChI=1S/C10H8ClF3O2/c1-2-8(15)6-4-3-5-7(11)9(6)16-10(12,13)14/h3-5H,2H2,1H3. The van der Waals surface area contributed by atoms with Crippen molar-refractivity contribution in [1.29, 1.82) is 0 Å². The second-order valence-electron chi connectivity index (χ2n) is 2.94. The maximum atomic E-state index is 12.1. The predicted octanol–water partition coefficient (Wildman–Crippen LogP) is 3.83. The van der Waals surface area contributed by atoms with Crippen LogP contribution in [0.1, 0.15) is 23.7 Å². The van der Waals surface area contributed by atoms with Crippen molar-refractivity contribution in [1.82, 2.24) is 0 Å². The number of carbonyl (C=O) groups excluding carboxylic acids is 1. The van der Waals surface area contributed by atoms with Crippen molar-refractivity contribution in [2.75, 3.05) is 0 Å². The average molecular weight is 253 g/mol. The van der Waals surface area contributed by atoms with Crippen molar-refractivity contribution in [2.24, 2.45) is 0 Å². The number of hydrogen-bond acceptors (Lipinski definition) is 2. The lowest BCUT2D eigenvalue weighted by molar-refractivity contribution is -0.274. The largest absolute Gasteiger partial charge is 0.573 e. The van der Waals surface area contributed by atoms with Crippen LogP contribution in [0.15, 0.2) is 18.2 Å². The van der Waals surface area contributed by atoms with Crippen LogP contribution in [0.25, 0.3) is 0 Å². The van der Waals surface area contributed by atoms with Gasteiger partial charge in [-0.15, -0.1) is 13.2 Å². The van der Waals surface area contributed by atoms with Crippen LogP contribution in [-0.2, 0) is 0 Å². The number of halogens is 4. The first kappa shape index (κ1) is 12.8. The number of alkyl halides is 3. The first-order valence-electron chi connectivity index (χ1n) is 4.42. The third kappa shape index (κ3) is 3.13. The van der Waals surface area contributed by atoms with E-state index in [1.165, 1.54) is 18.2 Å². The fourth-order valence-electron chi connectivity index (χ4n) is 1.14. The van der Waals surface area contributed by atoms with Gasteiger partial charge in [-0.3, -0.25) is 4.79 Å². The highest BCUT2D eigenvalue weighted by Crippen LogP contribution is 2.33. The molecule has 6 heteroatoms. The van der Waals surface area contributed by atoms with Crippen LogP contribution in [-0.4, -0.2) is 12.1 Å². The minimum absolute atomic E-state index is 0.0779. The molecule has 0 spiro atoms. The zero-order chi connectivity index (χ0) is 12.3. The Morgan fingerprint density at radius 3 is 2.56 bits per heavy atom. The zero-order valence-corrected chi connectivity index (χ0v) is 9.02. The van der Waals surface area contributed by atoms with E-state index in [4.69, 9.17) is 11.6 Å². The van der Waals surface area contributed by atoms with E-state index in [0.717, 1.165) is 0 Å². The Hall–Kier alpha value is -1.23. The van der Waals surface area contributed by atoms with Gasteiger partial charge in [-0.2, -0.15) is 0 Å². The maximum absolute atomic E-state index is 12.1. The normalized spacial score (nSPS) is 11.3. The summed E-state index contributed by atoms with van der Waals surface area (Å²) < 4.78 is 40.0. The molecule has 1 rings (SSSR count). The van der Waals surface area contributed by atoms with E-state index in [9.17, 15) is 18.0 Å². The summed E-state index contributed by atoms with van der Waals surface area (Å²) in [6.07, 6.45) is -4.79. The van der Waals surface area contributed by atoms with Crippen molar-refractivity contribution in [3.05, 3.63) is 28.8 Å². The molecule has 0 aliphatic heterocycles. The summed E-state index contributed by atoms with van der Waals surface area (Å²) in [7, 11) is 0. The van der Waals surface area contributed by atoms with Crippen LogP contribution in [0.2, 0.25) is 5.02 Å². The number of benzene rings is 1. The Balaban J connectivity index is 3.19. The molecule has 2 nitrogen and oxygen atoms in total.